The Kier molecular flexibility index (Phi) is 61.2. The van der Waals surface area contributed by atoms with Gasteiger partial charge in [-0.15, -0.1) is 0 Å². The molecular formula is C70H132O17P2. The van der Waals surface area contributed by atoms with Crippen LogP contribution in [0.5, 0.6) is 0 Å². The van der Waals surface area contributed by atoms with Gasteiger partial charge in [0.25, 0.3) is 0 Å². The molecule has 0 heterocycles. The molecule has 0 saturated heterocycles. The lowest BCUT2D eigenvalue weighted by Gasteiger charge is -2.21. The summed E-state index contributed by atoms with van der Waals surface area (Å²) in [5, 5.41) is 10.6. The topological polar surface area (TPSA) is 237 Å². The maximum Gasteiger partial charge on any atom is 0.472 e. The minimum Gasteiger partial charge on any atom is -0.462 e. The number of rotatable bonds is 68. The predicted octanol–water partition coefficient (Wildman–Crippen LogP) is 19.7. The molecule has 0 amide bonds. The number of hydrogen-bond acceptors (Lipinski definition) is 15. The number of allylic oxidation sites excluding steroid dienone is 4. The highest BCUT2D eigenvalue weighted by Gasteiger charge is 2.30. The van der Waals surface area contributed by atoms with Crippen molar-refractivity contribution in [2.24, 2.45) is 5.92 Å². The van der Waals surface area contributed by atoms with Gasteiger partial charge in [-0.1, -0.05) is 284 Å². The van der Waals surface area contributed by atoms with Gasteiger partial charge in [-0.25, -0.2) is 9.13 Å². The number of esters is 4. The molecular weight excluding hydrogens is 1170 g/mol. The van der Waals surface area contributed by atoms with Crippen LogP contribution >= 0.6 is 15.6 Å². The number of unbranched alkanes of at least 4 members (excludes halogenated alkanes) is 37. The van der Waals surface area contributed by atoms with Crippen LogP contribution in [0.15, 0.2) is 24.3 Å². The second-order valence-corrected chi connectivity index (χ2v) is 28.0. The third kappa shape index (κ3) is 64.1. The molecule has 0 fully saturated rings. The van der Waals surface area contributed by atoms with E-state index in [1.165, 1.54) is 135 Å². The van der Waals surface area contributed by atoms with Gasteiger partial charge in [0.15, 0.2) is 12.2 Å². The van der Waals surface area contributed by atoms with E-state index in [4.69, 9.17) is 37.0 Å². The van der Waals surface area contributed by atoms with Crippen molar-refractivity contribution in [1.29, 1.82) is 0 Å². The molecule has 0 radical (unpaired) electrons. The van der Waals surface area contributed by atoms with Gasteiger partial charge in [0.1, 0.15) is 19.3 Å². The second-order valence-electron chi connectivity index (χ2n) is 25.1. The molecule has 0 bridgehead atoms. The Morgan fingerprint density at radius 3 is 0.921 bits per heavy atom. The van der Waals surface area contributed by atoms with Crippen LogP contribution in [-0.4, -0.2) is 96.7 Å². The van der Waals surface area contributed by atoms with Crippen molar-refractivity contribution in [3.05, 3.63) is 24.3 Å². The molecule has 524 valence electrons. The van der Waals surface area contributed by atoms with E-state index in [1.54, 1.807) is 0 Å². The summed E-state index contributed by atoms with van der Waals surface area (Å²) in [6.07, 6.45) is 52.4. The molecule has 19 heteroatoms. The minimum absolute atomic E-state index is 0.100. The standard InChI is InChI=1S/C70H132O17P2/c1-6-9-12-15-17-19-21-23-24-28-31-35-39-44-49-54-68(73)81-60-66(87-70(75)56-51-46-41-37-33-29-25-27-30-34-38-43-47-52-63(4)5)62-85-89(78,79)83-58-64(71)57-82-88(76,77)84-61-65(59-80-67(72)53-48-42-14-11-8-3)86-69(74)55-50-45-40-36-32-26-22-20-18-16-13-10-7-2/h19,21,23-24,63-66,71H,6-18,20,22,25-62H2,1-5H3,(H,76,77)(H,78,79)/b21-19-,24-23-/t64-,65+,66+/m0/s1. The largest absolute Gasteiger partial charge is 0.472 e. The monoisotopic (exact) mass is 1310 g/mol. The highest BCUT2D eigenvalue weighted by Crippen LogP contribution is 2.45. The first-order valence-corrected chi connectivity index (χ1v) is 38.9. The van der Waals surface area contributed by atoms with Gasteiger partial charge in [-0.05, 0) is 57.3 Å². The van der Waals surface area contributed by atoms with Crippen LogP contribution in [0.3, 0.4) is 0 Å². The van der Waals surface area contributed by atoms with E-state index in [1.807, 2.05) is 0 Å². The van der Waals surface area contributed by atoms with Crippen LogP contribution in [0, 0.1) is 5.92 Å². The number of phosphoric acid groups is 2. The van der Waals surface area contributed by atoms with Crippen LogP contribution in [0.2, 0.25) is 0 Å². The van der Waals surface area contributed by atoms with Crippen LogP contribution in [0.1, 0.15) is 336 Å². The highest BCUT2D eigenvalue weighted by atomic mass is 31.2. The Bertz CT molecular complexity index is 1810. The number of aliphatic hydroxyl groups excluding tert-OH is 1. The van der Waals surface area contributed by atoms with Crippen molar-refractivity contribution in [2.75, 3.05) is 39.6 Å². The molecule has 0 aliphatic heterocycles. The Morgan fingerprint density at radius 2 is 0.607 bits per heavy atom. The van der Waals surface area contributed by atoms with Gasteiger partial charge in [0.2, 0.25) is 0 Å². The zero-order valence-electron chi connectivity index (χ0n) is 57.0. The molecule has 0 saturated carbocycles. The van der Waals surface area contributed by atoms with Crippen molar-refractivity contribution in [3.63, 3.8) is 0 Å². The van der Waals surface area contributed by atoms with E-state index in [0.29, 0.717) is 25.7 Å². The lowest BCUT2D eigenvalue weighted by molar-refractivity contribution is -0.161. The number of phosphoric ester groups is 2. The normalized spacial score (nSPS) is 14.3. The number of carbonyl (C=O) groups excluding carboxylic acids is 4. The molecule has 0 spiro atoms. The molecule has 2 unspecified atom stereocenters. The molecule has 0 aliphatic rings. The lowest BCUT2D eigenvalue weighted by atomic mass is 10.0. The van der Waals surface area contributed by atoms with Crippen LogP contribution in [0.4, 0.5) is 0 Å². The Morgan fingerprint density at radius 1 is 0.348 bits per heavy atom. The average molecular weight is 1310 g/mol. The van der Waals surface area contributed by atoms with E-state index in [2.05, 4.69) is 58.9 Å². The quantitative estimate of drug-likeness (QED) is 0.0169. The lowest BCUT2D eigenvalue weighted by Crippen LogP contribution is -2.30. The summed E-state index contributed by atoms with van der Waals surface area (Å²) in [7, 11) is -9.90. The van der Waals surface area contributed by atoms with Crippen LogP contribution < -0.4 is 0 Å². The van der Waals surface area contributed by atoms with Gasteiger partial charge >= 0.3 is 39.5 Å². The fourth-order valence-electron chi connectivity index (χ4n) is 10.1. The first kappa shape index (κ1) is 86.5. The van der Waals surface area contributed by atoms with Crippen molar-refractivity contribution in [2.45, 2.75) is 355 Å². The van der Waals surface area contributed by atoms with E-state index >= 15 is 0 Å². The summed E-state index contributed by atoms with van der Waals surface area (Å²) in [4.78, 5) is 72.3. The number of hydrogen-bond donors (Lipinski definition) is 3. The molecule has 0 aromatic carbocycles. The molecule has 0 aromatic heterocycles. The van der Waals surface area contributed by atoms with E-state index in [-0.39, 0.29) is 25.7 Å². The van der Waals surface area contributed by atoms with Crippen LogP contribution in [-0.2, 0) is 65.4 Å². The van der Waals surface area contributed by atoms with Crippen molar-refractivity contribution < 1.29 is 80.2 Å². The Balaban J connectivity index is 5.20. The third-order valence-corrected chi connectivity index (χ3v) is 17.6. The summed E-state index contributed by atoms with van der Waals surface area (Å²) in [6, 6.07) is 0. The molecule has 17 nitrogen and oxygen atoms in total. The smallest absolute Gasteiger partial charge is 0.462 e. The number of ether oxygens (including phenoxy) is 4. The van der Waals surface area contributed by atoms with Gasteiger partial charge in [-0.2, -0.15) is 0 Å². The summed E-state index contributed by atoms with van der Waals surface area (Å²) >= 11 is 0. The van der Waals surface area contributed by atoms with Crippen LogP contribution in [0.25, 0.3) is 0 Å². The van der Waals surface area contributed by atoms with Crippen molar-refractivity contribution in [3.8, 4) is 0 Å². The number of aliphatic hydroxyl groups is 1. The molecule has 3 N–H and O–H groups in total. The summed E-state index contributed by atoms with van der Waals surface area (Å²) in [5.74, 6) is -1.38. The Labute approximate surface area is 542 Å². The third-order valence-electron chi connectivity index (χ3n) is 15.7. The highest BCUT2D eigenvalue weighted by molar-refractivity contribution is 7.47. The molecule has 0 aliphatic carbocycles. The van der Waals surface area contributed by atoms with Gasteiger partial charge < -0.3 is 33.8 Å². The van der Waals surface area contributed by atoms with Crippen molar-refractivity contribution in [1.82, 2.24) is 0 Å². The molecule has 89 heavy (non-hydrogen) atoms. The second kappa shape index (κ2) is 63.0. The predicted molar refractivity (Wildman–Crippen MR) is 358 cm³/mol. The van der Waals surface area contributed by atoms with Gasteiger partial charge in [0, 0.05) is 25.7 Å². The van der Waals surface area contributed by atoms with E-state index < -0.39 is 97.5 Å². The van der Waals surface area contributed by atoms with E-state index in [9.17, 15) is 43.2 Å². The first-order valence-electron chi connectivity index (χ1n) is 36.0. The van der Waals surface area contributed by atoms with Gasteiger partial charge in [0.05, 0.1) is 26.4 Å². The molecule has 0 aromatic rings. The fraction of sp³-hybridized carbons (Fsp3) is 0.886. The summed E-state index contributed by atoms with van der Waals surface area (Å²) in [5.41, 5.74) is 0. The average Bonchev–Trinajstić information content (AvgIpc) is 3.66. The summed E-state index contributed by atoms with van der Waals surface area (Å²) < 4.78 is 68.0. The fourth-order valence-corrected chi connectivity index (χ4v) is 11.7. The maximum absolute atomic E-state index is 13.0. The molecule has 5 atom stereocenters. The Hall–Kier alpha value is -2.46. The SMILES string of the molecule is CCCCCC/C=C\C=C/CCCCCCCC(=O)OC[C@H](COP(=O)(O)OC[C@@H](O)COP(=O)(O)OC[C@@H](COC(=O)CCCCCCC)OC(=O)CCCCCCCCCCCCCCC)OC(=O)CCCCCCCCCCCCCCCC(C)C. The zero-order valence-corrected chi connectivity index (χ0v) is 58.8. The first-order chi connectivity index (χ1) is 43.0. The zero-order chi connectivity index (χ0) is 65.6. The maximum atomic E-state index is 13.0. The van der Waals surface area contributed by atoms with Crippen molar-refractivity contribution >= 4 is 39.5 Å². The molecule has 0 rings (SSSR count). The minimum atomic E-state index is -4.96. The number of carbonyl (C=O) groups is 4. The van der Waals surface area contributed by atoms with E-state index in [0.717, 1.165) is 121 Å². The summed E-state index contributed by atoms with van der Waals surface area (Å²) in [6.45, 7) is 7.11. The van der Waals surface area contributed by atoms with Gasteiger partial charge in [-0.3, -0.25) is 37.3 Å².